The van der Waals surface area contributed by atoms with Crippen LogP contribution in [0.15, 0.2) is 53.4 Å². The lowest BCUT2D eigenvalue weighted by Crippen LogP contribution is -2.16. The predicted octanol–water partition coefficient (Wildman–Crippen LogP) is 4.35. The molecule has 1 unspecified atom stereocenters. The molecule has 0 aromatic heterocycles. The van der Waals surface area contributed by atoms with Crippen LogP contribution in [0.3, 0.4) is 0 Å². The Morgan fingerprint density at radius 1 is 1.14 bits per heavy atom. The van der Waals surface area contributed by atoms with Gasteiger partial charge < -0.3 is 4.74 Å². The first-order chi connectivity index (χ1) is 10.1. The summed E-state index contributed by atoms with van der Waals surface area (Å²) in [6.45, 7) is 4.19. The molecule has 21 heavy (non-hydrogen) atoms. The van der Waals surface area contributed by atoms with Crippen LogP contribution in [0.5, 0.6) is 0 Å². The SMILES string of the molecule is COC(=O)C(CSc1ccc(C)cc1C)c1ccccc1. The van der Waals surface area contributed by atoms with Gasteiger partial charge in [0.15, 0.2) is 0 Å². The van der Waals surface area contributed by atoms with Crippen molar-refractivity contribution in [2.24, 2.45) is 0 Å². The molecule has 2 aromatic rings. The van der Waals surface area contributed by atoms with Crippen molar-refractivity contribution in [3.8, 4) is 0 Å². The molecule has 2 aromatic carbocycles. The van der Waals surface area contributed by atoms with Crippen molar-refractivity contribution in [2.75, 3.05) is 12.9 Å². The topological polar surface area (TPSA) is 26.3 Å². The number of benzene rings is 2. The molecule has 0 radical (unpaired) electrons. The Kier molecular flexibility index (Phi) is 5.45. The van der Waals surface area contributed by atoms with Crippen molar-refractivity contribution in [3.05, 3.63) is 65.2 Å². The van der Waals surface area contributed by atoms with Gasteiger partial charge in [-0.15, -0.1) is 11.8 Å². The molecule has 1 atom stereocenters. The molecule has 0 aliphatic heterocycles. The Labute approximate surface area is 130 Å². The Bertz CT molecular complexity index is 608. The molecular weight excluding hydrogens is 280 g/mol. The third-order valence-electron chi connectivity index (χ3n) is 3.42. The minimum absolute atomic E-state index is 0.182. The van der Waals surface area contributed by atoms with Gasteiger partial charge >= 0.3 is 5.97 Å². The Morgan fingerprint density at radius 3 is 2.48 bits per heavy atom. The fourth-order valence-electron chi connectivity index (χ4n) is 2.26. The van der Waals surface area contributed by atoms with E-state index in [-0.39, 0.29) is 11.9 Å². The van der Waals surface area contributed by atoms with Gasteiger partial charge in [0.25, 0.3) is 0 Å². The van der Waals surface area contributed by atoms with Gasteiger partial charge in [0.05, 0.1) is 13.0 Å². The maximum atomic E-state index is 12.0. The standard InChI is InChI=1S/C18H20O2S/c1-13-9-10-17(14(2)11-13)21-12-16(18(19)20-3)15-7-5-4-6-8-15/h4-11,16H,12H2,1-3H3. The summed E-state index contributed by atoms with van der Waals surface area (Å²) in [5.41, 5.74) is 3.50. The number of esters is 1. The lowest BCUT2D eigenvalue weighted by atomic mass is 10.0. The van der Waals surface area contributed by atoms with E-state index in [0.717, 1.165) is 5.56 Å². The van der Waals surface area contributed by atoms with Crippen LogP contribution in [0.25, 0.3) is 0 Å². The molecule has 0 fully saturated rings. The summed E-state index contributed by atoms with van der Waals surface area (Å²) in [6.07, 6.45) is 0. The maximum absolute atomic E-state index is 12.0. The number of ether oxygens (including phenoxy) is 1. The summed E-state index contributed by atoms with van der Waals surface area (Å²) in [7, 11) is 1.44. The van der Waals surface area contributed by atoms with E-state index in [9.17, 15) is 4.79 Å². The molecule has 0 heterocycles. The van der Waals surface area contributed by atoms with Crippen LogP contribution >= 0.6 is 11.8 Å². The van der Waals surface area contributed by atoms with E-state index >= 15 is 0 Å². The molecule has 110 valence electrons. The van der Waals surface area contributed by atoms with Gasteiger partial charge in [-0.1, -0.05) is 48.0 Å². The van der Waals surface area contributed by atoms with E-state index in [4.69, 9.17) is 4.74 Å². The number of hydrogen-bond acceptors (Lipinski definition) is 3. The van der Waals surface area contributed by atoms with Crippen LogP contribution in [-0.2, 0) is 9.53 Å². The van der Waals surface area contributed by atoms with E-state index in [2.05, 4.69) is 32.0 Å². The fraction of sp³-hybridized carbons (Fsp3) is 0.278. The van der Waals surface area contributed by atoms with Crippen molar-refractivity contribution in [2.45, 2.75) is 24.7 Å². The van der Waals surface area contributed by atoms with Gasteiger partial charge in [-0.2, -0.15) is 0 Å². The summed E-state index contributed by atoms with van der Waals surface area (Å²) < 4.78 is 4.95. The number of methoxy groups -OCH3 is 1. The predicted molar refractivity (Wildman–Crippen MR) is 87.8 cm³/mol. The average molecular weight is 300 g/mol. The first kappa shape index (κ1) is 15.6. The molecule has 0 amide bonds. The van der Waals surface area contributed by atoms with E-state index in [1.54, 1.807) is 11.8 Å². The van der Waals surface area contributed by atoms with Crippen LogP contribution in [0.4, 0.5) is 0 Å². The Hall–Kier alpha value is -1.74. The third-order valence-corrected chi connectivity index (χ3v) is 4.69. The molecular formula is C18H20O2S. The summed E-state index contributed by atoms with van der Waals surface area (Å²) in [5.74, 6) is 0.265. The second-order valence-corrected chi connectivity index (χ2v) is 6.13. The second-order valence-electron chi connectivity index (χ2n) is 5.07. The molecule has 2 nitrogen and oxygen atoms in total. The lowest BCUT2D eigenvalue weighted by Gasteiger charge is -2.15. The summed E-state index contributed by atoms with van der Waals surface area (Å²) in [4.78, 5) is 13.3. The number of aryl methyl sites for hydroxylation is 2. The molecule has 0 N–H and O–H groups in total. The van der Waals surface area contributed by atoms with Crippen molar-refractivity contribution < 1.29 is 9.53 Å². The highest BCUT2D eigenvalue weighted by molar-refractivity contribution is 7.99. The van der Waals surface area contributed by atoms with E-state index in [1.165, 1.54) is 23.1 Å². The minimum Gasteiger partial charge on any atom is -0.469 e. The van der Waals surface area contributed by atoms with E-state index in [0.29, 0.717) is 5.75 Å². The van der Waals surface area contributed by atoms with Crippen molar-refractivity contribution in [1.29, 1.82) is 0 Å². The first-order valence-electron chi connectivity index (χ1n) is 6.94. The number of thioether (sulfide) groups is 1. The molecule has 3 heteroatoms. The average Bonchev–Trinajstić information content (AvgIpc) is 2.50. The summed E-state index contributed by atoms with van der Waals surface area (Å²) >= 11 is 1.70. The minimum atomic E-state index is -0.234. The van der Waals surface area contributed by atoms with Crippen LogP contribution in [0.1, 0.15) is 22.6 Å². The third kappa shape index (κ3) is 4.11. The highest BCUT2D eigenvalue weighted by Gasteiger charge is 2.21. The molecule has 0 bridgehead atoms. The van der Waals surface area contributed by atoms with Crippen molar-refractivity contribution >= 4 is 17.7 Å². The molecule has 0 aliphatic carbocycles. The van der Waals surface area contributed by atoms with Crippen molar-refractivity contribution in [1.82, 2.24) is 0 Å². The normalized spacial score (nSPS) is 12.0. The summed E-state index contributed by atoms with van der Waals surface area (Å²) in [5, 5.41) is 0. The molecule has 0 aliphatic rings. The van der Waals surface area contributed by atoms with Crippen LogP contribution in [0, 0.1) is 13.8 Å². The van der Waals surface area contributed by atoms with Crippen LogP contribution in [0.2, 0.25) is 0 Å². The maximum Gasteiger partial charge on any atom is 0.313 e. The molecule has 2 rings (SSSR count). The zero-order valence-electron chi connectivity index (χ0n) is 12.6. The smallest absolute Gasteiger partial charge is 0.313 e. The van der Waals surface area contributed by atoms with Crippen molar-refractivity contribution in [3.63, 3.8) is 0 Å². The van der Waals surface area contributed by atoms with Gasteiger partial charge in [0.2, 0.25) is 0 Å². The monoisotopic (exact) mass is 300 g/mol. The van der Waals surface area contributed by atoms with E-state index in [1.807, 2.05) is 30.3 Å². The summed E-state index contributed by atoms with van der Waals surface area (Å²) in [6, 6.07) is 16.2. The molecule has 0 saturated heterocycles. The largest absolute Gasteiger partial charge is 0.469 e. The number of rotatable bonds is 5. The fourth-order valence-corrected chi connectivity index (χ4v) is 3.39. The number of hydrogen-bond donors (Lipinski definition) is 0. The van der Waals surface area contributed by atoms with E-state index < -0.39 is 0 Å². The Balaban J connectivity index is 2.15. The van der Waals surface area contributed by atoms with Gasteiger partial charge in [-0.25, -0.2) is 0 Å². The highest BCUT2D eigenvalue weighted by atomic mass is 32.2. The zero-order valence-corrected chi connectivity index (χ0v) is 13.4. The highest BCUT2D eigenvalue weighted by Crippen LogP contribution is 2.29. The van der Waals surface area contributed by atoms with Gasteiger partial charge in [-0.3, -0.25) is 4.79 Å². The number of carbonyl (C=O) groups is 1. The van der Waals surface area contributed by atoms with Gasteiger partial charge in [0, 0.05) is 10.6 Å². The number of carbonyl (C=O) groups excluding carboxylic acids is 1. The molecule has 0 spiro atoms. The van der Waals surface area contributed by atoms with Crippen LogP contribution in [-0.4, -0.2) is 18.8 Å². The lowest BCUT2D eigenvalue weighted by molar-refractivity contribution is -0.141. The quantitative estimate of drug-likeness (QED) is 0.606. The second kappa shape index (κ2) is 7.32. The first-order valence-corrected chi connectivity index (χ1v) is 7.93. The van der Waals surface area contributed by atoms with Gasteiger partial charge in [0.1, 0.15) is 0 Å². The molecule has 0 saturated carbocycles. The van der Waals surface area contributed by atoms with Crippen LogP contribution < -0.4 is 0 Å². The zero-order chi connectivity index (χ0) is 15.2. The van der Waals surface area contributed by atoms with Gasteiger partial charge in [-0.05, 0) is 31.0 Å². The Morgan fingerprint density at radius 2 is 1.86 bits per heavy atom.